The van der Waals surface area contributed by atoms with E-state index in [1.165, 1.54) is 12.1 Å². The third-order valence-corrected chi connectivity index (χ3v) is 2.29. The first-order chi connectivity index (χ1) is 6.98. The molecule has 0 aliphatic heterocycles. The molecule has 1 aromatic heterocycles. The molecular weight excluding hydrogens is 241 g/mol. The minimum atomic E-state index is -4.40. The van der Waals surface area contributed by atoms with Crippen LogP contribution in [0, 0.1) is 0 Å². The Morgan fingerprint density at radius 1 is 1.19 bits per heavy atom. The zero-order valence-electron chi connectivity index (χ0n) is 8.08. The molecule has 0 saturated heterocycles. The molecule has 2 rings (SSSR count). The highest BCUT2D eigenvalue weighted by Crippen LogP contribution is 2.31. The standard InChI is InChI=1S/C10H9F3N2.ClH/c11-10(12,13)9(14)7-2-1-6-3-4-15-8(6)5-7;/h1-5,9,15H,14H2;1H/t9-;/m0./s1. The van der Waals surface area contributed by atoms with Crippen LogP contribution >= 0.6 is 12.4 Å². The van der Waals surface area contributed by atoms with E-state index >= 15 is 0 Å². The quantitative estimate of drug-likeness (QED) is 0.802. The average molecular weight is 251 g/mol. The summed E-state index contributed by atoms with van der Waals surface area (Å²) in [7, 11) is 0. The van der Waals surface area contributed by atoms with Crippen molar-refractivity contribution in [3.05, 3.63) is 36.0 Å². The van der Waals surface area contributed by atoms with Gasteiger partial charge in [-0.1, -0.05) is 12.1 Å². The van der Waals surface area contributed by atoms with E-state index in [-0.39, 0.29) is 18.0 Å². The molecule has 2 nitrogen and oxygen atoms in total. The maximum absolute atomic E-state index is 12.3. The second-order valence-corrected chi connectivity index (χ2v) is 3.34. The van der Waals surface area contributed by atoms with Crippen molar-refractivity contribution >= 4 is 23.3 Å². The molecule has 1 heterocycles. The van der Waals surface area contributed by atoms with Crippen LogP contribution in [0.25, 0.3) is 10.9 Å². The SMILES string of the molecule is Cl.N[C@@H](c1ccc2cc[nH]c2c1)C(F)(F)F. The normalized spacial score (nSPS) is 13.5. The molecule has 0 fully saturated rings. The number of benzene rings is 1. The molecule has 0 amide bonds. The second-order valence-electron chi connectivity index (χ2n) is 3.34. The van der Waals surface area contributed by atoms with Gasteiger partial charge in [-0.15, -0.1) is 12.4 Å². The maximum atomic E-state index is 12.3. The number of rotatable bonds is 1. The van der Waals surface area contributed by atoms with Gasteiger partial charge in [0.15, 0.2) is 0 Å². The Labute approximate surface area is 96.0 Å². The van der Waals surface area contributed by atoms with E-state index in [9.17, 15) is 13.2 Å². The molecule has 0 aliphatic carbocycles. The molecule has 3 N–H and O–H groups in total. The van der Waals surface area contributed by atoms with E-state index < -0.39 is 12.2 Å². The summed E-state index contributed by atoms with van der Waals surface area (Å²) < 4.78 is 37.0. The van der Waals surface area contributed by atoms with E-state index in [4.69, 9.17) is 5.73 Å². The van der Waals surface area contributed by atoms with Gasteiger partial charge < -0.3 is 10.7 Å². The zero-order chi connectivity index (χ0) is 11.1. The van der Waals surface area contributed by atoms with E-state index in [2.05, 4.69) is 4.98 Å². The Morgan fingerprint density at radius 3 is 2.50 bits per heavy atom. The van der Waals surface area contributed by atoms with Crippen molar-refractivity contribution in [3.8, 4) is 0 Å². The molecule has 6 heteroatoms. The number of aromatic amines is 1. The third-order valence-electron chi connectivity index (χ3n) is 2.29. The number of aromatic nitrogens is 1. The number of hydrogen-bond acceptors (Lipinski definition) is 1. The molecule has 0 aliphatic rings. The second kappa shape index (κ2) is 4.35. The average Bonchev–Trinajstić information content (AvgIpc) is 2.61. The van der Waals surface area contributed by atoms with Gasteiger partial charge in [-0.3, -0.25) is 0 Å². The van der Waals surface area contributed by atoms with Gasteiger partial charge in [-0.05, 0) is 23.1 Å². The van der Waals surface area contributed by atoms with Gasteiger partial charge >= 0.3 is 6.18 Å². The molecule has 88 valence electrons. The van der Waals surface area contributed by atoms with Crippen LogP contribution in [0.3, 0.4) is 0 Å². The molecule has 1 atom stereocenters. The summed E-state index contributed by atoms with van der Waals surface area (Å²) in [6, 6.07) is 4.30. The van der Waals surface area contributed by atoms with Crippen LogP contribution in [0.1, 0.15) is 11.6 Å². The number of halogens is 4. The van der Waals surface area contributed by atoms with Crippen molar-refractivity contribution in [2.75, 3.05) is 0 Å². The number of nitrogens with two attached hydrogens (primary N) is 1. The highest BCUT2D eigenvalue weighted by molar-refractivity contribution is 5.85. The molecule has 0 bridgehead atoms. The van der Waals surface area contributed by atoms with E-state index in [0.29, 0.717) is 5.52 Å². The first-order valence-electron chi connectivity index (χ1n) is 4.38. The zero-order valence-corrected chi connectivity index (χ0v) is 8.90. The fraction of sp³-hybridized carbons (Fsp3) is 0.200. The lowest BCUT2D eigenvalue weighted by atomic mass is 10.1. The molecule has 0 radical (unpaired) electrons. The summed E-state index contributed by atoms with van der Waals surface area (Å²) in [6.45, 7) is 0. The van der Waals surface area contributed by atoms with Crippen LogP contribution in [0.5, 0.6) is 0 Å². The van der Waals surface area contributed by atoms with Gasteiger partial charge in [0.1, 0.15) is 6.04 Å². The Hall–Kier alpha value is -1.20. The fourth-order valence-corrected chi connectivity index (χ4v) is 1.45. The number of H-pyrrole nitrogens is 1. The van der Waals surface area contributed by atoms with E-state index in [1.807, 2.05) is 0 Å². The summed E-state index contributed by atoms with van der Waals surface area (Å²) in [5.41, 5.74) is 5.82. The molecule has 2 aromatic rings. The number of fused-ring (bicyclic) bond motifs is 1. The maximum Gasteiger partial charge on any atom is 0.407 e. The molecule has 0 unspecified atom stereocenters. The summed E-state index contributed by atoms with van der Waals surface area (Å²) in [4.78, 5) is 2.84. The smallest absolute Gasteiger partial charge is 0.361 e. The van der Waals surface area contributed by atoms with Crippen LogP contribution in [-0.2, 0) is 0 Å². The monoisotopic (exact) mass is 250 g/mol. The summed E-state index contributed by atoms with van der Waals surface area (Å²) in [5, 5.41) is 0.869. The molecule has 16 heavy (non-hydrogen) atoms. The molecule has 0 spiro atoms. The van der Waals surface area contributed by atoms with Gasteiger partial charge in [-0.2, -0.15) is 13.2 Å². The summed E-state index contributed by atoms with van der Waals surface area (Å²) in [6.07, 6.45) is -2.73. The lowest BCUT2D eigenvalue weighted by Gasteiger charge is -2.15. The lowest BCUT2D eigenvalue weighted by molar-refractivity contribution is -0.149. The van der Waals surface area contributed by atoms with E-state index in [1.54, 1.807) is 18.3 Å². The Morgan fingerprint density at radius 2 is 1.88 bits per heavy atom. The number of hydrogen-bond donors (Lipinski definition) is 2. The van der Waals surface area contributed by atoms with E-state index in [0.717, 1.165) is 5.39 Å². The Bertz CT molecular complexity index is 478. The predicted octanol–water partition coefficient (Wildman–Crippen LogP) is 3.15. The van der Waals surface area contributed by atoms with Gasteiger partial charge in [0.2, 0.25) is 0 Å². The molecule has 0 saturated carbocycles. The highest BCUT2D eigenvalue weighted by Gasteiger charge is 2.37. The van der Waals surface area contributed by atoms with Crippen molar-refractivity contribution in [3.63, 3.8) is 0 Å². The van der Waals surface area contributed by atoms with Gasteiger partial charge in [0.25, 0.3) is 0 Å². The Balaban J connectivity index is 0.00000128. The molecule has 1 aromatic carbocycles. The Kier molecular flexibility index (Phi) is 3.50. The van der Waals surface area contributed by atoms with Crippen molar-refractivity contribution in [2.45, 2.75) is 12.2 Å². The first kappa shape index (κ1) is 12.9. The summed E-state index contributed by atoms with van der Waals surface area (Å²) in [5.74, 6) is 0. The third kappa shape index (κ3) is 2.31. The van der Waals surface area contributed by atoms with Gasteiger partial charge in [0.05, 0.1) is 0 Å². The van der Waals surface area contributed by atoms with Crippen LogP contribution in [0.15, 0.2) is 30.5 Å². The van der Waals surface area contributed by atoms with Crippen molar-refractivity contribution in [1.82, 2.24) is 4.98 Å². The largest absolute Gasteiger partial charge is 0.407 e. The van der Waals surface area contributed by atoms with Crippen molar-refractivity contribution in [2.24, 2.45) is 5.73 Å². The first-order valence-corrected chi connectivity index (χ1v) is 4.38. The molecular formula is C10H10ClF3N2. The topological polar surface area (TPSA) is 41.8 Å². The predicted molar refractivity (Wildman–Crippen MR) is 58.5 cm³/mol. The van der Waals surface area contributed by atoms with Crippen molar-refractivity contribution in [1.29, 1.82) is 0 Å². The van der Waals surface area contributed by atoms with Crippen LogP contribution in [-0.4, -0.2) is 11.2 Å². The minimum absolute atomic E-state index is 0. The van der Waals surface area contributed by atoms with Gasteiger partial charge in [-0.25, -0.2) is 0 Å². The van der Waals surface area contributed by atoms with Crippen LogP contribution in [0.2, 0.25) is 0 Å². The minimum Gasteiger partial charge on any atom is -0.361 e. The van der Waals surface area contributed by atoms with Gasteiger partial charge in [0, 0.05) is 11.7 Å². The summed E-state index contributed by atoms with van der Waals surface area (Å²) >= 11 is 0. The highest BCUT2D eigenvalue weighted by atomic mass is 35.5. The van der Waals surface area contributed by atoms with Crippen LogP contribution in [0.4, 0.5) is 13.2 Å². The number of alkyl halides is 3. The van der Waals surface area contributed by atoms with Crippen molar-refractivity contribution < 1.29 is 13.2 Å². The number of nitrogens with one attached hydrogen (secondary N) is 1. The lowest BCUT2D eigenvalue weighted by Crippen LogP contribution is -2.28. The fourth-order valence-electron chi connectivity index (χ4n) is 1.45. The van der Waals surface area contributed by atoms with Crippen LogP contribution < -0.4 is 5.73 Å².